The van der Waals surface area contributed by atoms with E-state index in [1.54, 1.807) is 0 Å². The van der Waals surface area contributed by atoms with E-state index in [0.29, 0.717) is 33.0 Å². The monoisotopic (exact) mass is 397 g/mol. The lowest BCUT2D eigenvalue weighted by atomic mass is 10.2. The van der Waals surface area contributed by atoms with Crippen molar-refractivity contribution in [2.24, 2.45) is 0 Å². The molecular weight excluding hydrogens is 374 g/mol. The van der Waals surface area contributed by atoms with Crippen LogP contribution in [-0.2, 0) is 11.3 Å². The number of halogens is 2. The second-order valence-corrected chi connectivity index (χ2v) is 5.14. The van der Waals surface area contributed by atoms with Gasteiger partial charge in [-0.15, -0.1) is 12.4 Å². The van der Waals surface area contributed by atoms with Gasteiger partial charge in [0.2, 0.25) is 0 Å². The second kappa shape index (κ2) is 13.0. The molecule has 0 spiro atoms. The van der Waals surface area contributed by atoms with Crippen LogP contribution in [0.3, 0.4) is 0 Å². The van der Waals surface area contributed by atoms with E-state index in [4.69, 9.17) is 19.3 Å². The molecule has 7 heteroatoms. The Morgan fingerprint density at radius 1 is 1.14 bits per heavy atom. The first-order chi connectivity index (χ1) is 10.2. The van der Waals surface area contributed by atoms with E-state index in [2.05, 4.69) is 21.2 Å². The number of nitrogens with one attached hydrogen (secondary N) is 1. The summed E-state index contributed by atoms with van der Waals surface area (Å²) in [6, 6.07) is 4.01. The Bertz CT molecular complexity index is 421. The van der Waals surface area contributed by atoms with Crippen molar-refractivity contribution in [2.45, 2.75) is 20.4 Å². The molecule has 0 aliphatic carbocycles. The standard InChI is InChI=1S/C15H24BrNO4.ClH/c1-3-20-14-10-12(9-13(16)15(14)21-4-2)11-17-5-7-19-8-6-18;/h9-10,17-18H,3-8,11H2,1-2H3;1H. The molecule has 0 aliphatic rings. The van der Waals surface area contributed by atoms with Crippen LogP contribution in [0.25, 0.3) is 0 Å². The summed E-state index contributed by atoms with van der Waals surface area (Å²) in [5.41, 5.74) is 1.11. The summed E-state index contributed by atoms with van der Waals surface area (Å²) >= 11 is 3.53. The maximum absolute atomic E-state index is 8.61. The highest BCUT2D eigenvalue weighted by Gasteiger charge is 2.11. The molecule has 0 unspecified atom stereocenters. The Labute approximate surface area is 146 Å². The Kier molecular flexibility index (Phi) is 12.6. The minimum atomic E-state index is 0. The van der Waals surface area contributed by atoms with Crippen LogP contribution in [0, 0.1) is 0 Å². The molecule has 0 amide bonds. The number of rotatable bonds is 11. The van der Waals surface area contributed by atoms with Gasteiger partial charge < -0.3 is 24.6 Å². The van der Waals surface area contributed by atoms with Crippen LogP contribution in [0.5, 0.6) is 11.5 Å². The highest BCUT2D eigenvalue weighted by atomic mass is 79.9. The fourth-order valence-corrected chi connectivity index (χ4v) is 2.42. The summed E-state index contributed by atoms with van der Waals surface area (Å²) in [7, 11) is 0. The van der Waals surface area contributed by atoms with Gasteiger partial charge in [0.15, 0.2) is 11.5 Å². The normalized spacial score (nSPS) is 10.2. The van der Waals surface area contributed by atoms with E-state index in [-0.39, 0.29) is 19.0 Å². The van der Waals surface area contributed by atoms with Crippen molar-refractivity contribution in [1.82, 2.24) is 5.32 Å². The van der Waals surface area contributed by atoms with Gasteiger partial charge in [-0.2, -0.15) is 0 Å². The molecule has 0 saturated heterocycles. The molecule has 0 heterocycles. The van der Waals surface area contributed by atoms with Gasteiger partial charge >= 0.3 is 0 Å². The number of hydrogen-bond donors (Lipinski definition) is 2. The Morgan fingerprint density at radius 2 is 1.86 bits per heavy atom. The van der Waals surface area contributed by atoms with Crippen LogP contribution >= 0.6 is 28.3 Å². The zero-order valence-corrected chi connectivity index (χ0v) is 15.5. The molecule has 1 aromatic carbocycles. The lowest BCUT2D eigenvalue weighted by Gasteiger charge is -2.15. The molecule has 0 radical (unpaired) electrons. The van der Waals surface area contributed by atoms with Gasteiger partial charge in [0.1, 0.15) is 0 Å². The predicted molar refractivity (Wildman–Crippen MR) is 93.3 cm³/mol. The van der Waals surface area contributed by atoms with E-state index in [1.165, 1.54) is 0 Å². The highest BCUT2D eigenvalue weighted by molar-refractivity contribution is 9.10. The topological polar surface area (TPSA) is 60.0 Å². The number of hydrogen-bond acceptors (Lipinski definition) is 5. The minimum Gasteiger partial charge on any atom is -0.490 e. The van der Waals surface area contributed by atoms with Crippen molar-refractivity contribution in [1.29, 1.82) is 0 Å². The van der Waals surface area contributed by atoms with Crippen molar-refractivity contribution in [3.8, 4) is 11.5 Å². The molecule has 0 atom stereocenters. The third-order valence-corrected chi connectivity index (χ3v) is 3.23. The summed E-state index contributed by atoms with van der Waals surface area (Å²) in [4.78, 5) is 0. The van der Waals surface area contributed by atoms with Crippen molar-refractivity contribution in [3.63, 3.8) is 0 Å². The molecule has 0 aliphatic heterocycles. The van der Waals surface area contributed by atoms with Gasteiger partial charge in [0.05, 0.1) is 37.5 Å². The number of benzene rings is 1. The summed E-state index contributed by atoms with van der Waals surface area (Å²) in [5.74, 6) is 1.50. The molecule has 0 aromatic heterocycles. The van der Waals surface area contributed by atoms with E-state index >= 15 is 0 Å². The van der Waals surface area contributed by atoms with E-state index in [9.17, 15) is 0 Å². The Morgan fingerprint density at radius 3 is 2.50 bits per heavy atom. The third-order valence-electron chi connectivity index (χ3n) is 2.65. The first-order valence-electron chi connectivity index (χ1n) is 7.20. The van der Waals surface area contributed by atoms with Gasteiger partial charge in [-0.1, -0.05) is 0 Å². The zero-order valence-electron chi connectivity index (χ0n) is 13.1. The van der Waals surface area contributed by atoms with Crippen molar-refractivity contribution in [2.75, 3.05) is 39.6 Å². The van der Waals surface area contributed by atoms with Gasteiger partial charge in [0.25, 0.3) is 0 Å². The van der Waals surface area contributed by atoms with Gasteiger partial charge in [-0.3, -0.25) is 0 Å². The minimum absolute atomic E-state index is 0. The van der Waals surface area contributed by atoms with Crippen LogP contribution in [-0.4, -0.2) is 44.7 Å². The van der Waals surface area contributed by atoms with Crippen LogP contribution in [0.1, 0.15) is 19.4 Å². The first kappa shape index (κ1) is 21.5. The Hall–Kier alpha value is -0.530. The van der Waals surface area contributed by atoms with E-state index < -0.39 is 0 Å². The SMILES string of the molecule is CCOc1cc(CNCCOCCO)cc(Br)c1OCC.Cl. The van der Waals surface area contributed by atoms with Crippen LogP contribution in [0.2, 0.25) is 0 Å². The van der Waals surface area contributed by atoms with E-state index in [1.807, 2.05) is 26.0 Å². The molecule has 1 rings (SSSR count). The fraction of sp³-hybridized carbons (Fsp3) is 0.600. The lowest BCUT2D eigenvalue weighted by Crippen LogP contribution is -2.20. The average molecular weight is 399 g/mol. The molecule has 22 heavy (non-hydrogen) atoms. The molecule has 0 fully saturated rings. The quantitative estimate of drug-likeness (QED) is 0.561. The number of aliphatic hydroxyl groups excluding tert-OH is 1. The van der Waals surface area contributed by atoms with Gasteiger partial charge in [-0.05, 0) is 47.5 Å². The molecule has 128 valence electrons. The van der Waals surface area contributed by atoms with Crippen molar-refractivity contribution in [3.05, 3.63) is 22.2 Å². The fourth-order valence-electron chi connectivity index (χ4n) is 1.81. The second-order valence-electron chi connectivity index (χ2n) is 4.28. The van der Waals surface area contributed by atoms with Crippen LogP contribution in [0.15, 0.2) is 16.6 Å². The molecular formula is C15H25BrClNO4. The Balaban J connectivity index is 0.00000441. The van der Waals surface area contributed by atoms with Crippen LogP contribution in [0.4, 0.5) is 0 Å². The molecule has 1 aromatic rings. The molecule has 0 bridgehead atoms. The highest BCUT2D eigenvalue weighted by Crippen LogP contribution is 2.36. The first-order valence-corrected chi connectivity index (χ1v) is 7.99. The number of ether oxygens (including phenoxy) is 3. The van der Waals surface area contributed by atoms with E-state index in [0.717, 1.165) is 28.1 Å². The third kappa shape index (κ3) is 7.65. The molecule has 5 nitrogen and oxygen atoms in total. The largest absolute Gasteiger partial charge is 0.490 e. The zero-order chi connectivity index (χ0) is 15.5. The van der Waals surface area contributed by atoms with Crippen molar-refractivity contribution >= 4 is 28.3 Å². The van der Waals surface area contributed by atoms with Gasteiger partial charge in [0, 0.05) is 13.1 Å². The summed E-state index contributed by atoms with van der Waals surface area (Å²) in [5, 5.41) is 11.9. The van der Waals surface area contributed by atoms with Gasteiger partial charge in [-0.25, -0.2) is 0 Å². The molecule has 2 N–H and O–H groups in total. The maximum atomic E-state index is 8.61. The average Bonchev–Trinajstić information content (AvgIpc) is 2.46. The predicted octanol–water partition coefficient (Wildman–Crippen LogP) is 2.77. The number of aliphatic hydroxyl groups is 1. The lowest BCUT2D eigenvalue weighted by molar-refractivity contribution is 0.0938. The summed E-state index contributed by atoms with van der Waals surface area (Å²) in [6.07, 6.45) is 0. The van der Waals surface area contributed by atoms with Crippen molar-refractivity contribution < 1.29 is 19.3 Å². The summed E-state index contributed by atoms with van der Waals surface area (Å²) in [6.45, 7) is 7.56. The maximum Gasteiger partial charge on any atom is 0.175 e. The summed E-state index contributed by atoms with van der Waals surface area (Å²) < 4.78 is 17.3. The smallest absolute Gasteiger partial charge is 0.175 e. The molecule has 0 saturated carbocycles. The van der Waals surface area contributed by atoms with Crippen LogP contribution < -0.4 is 14.8 Å².